The predicted molar refractivity (Wildman–Crippen MR) is 106 cm³/mol. The molecule has 0 bridgehead atoms. The lowest BCUT2D eigenvalue weighted by Crippen LogP contribution is -2.50. The first kappa shape index (κ1) is 20.6. The highest BCUT2D eigenvalue weighted by Gasteiger charge is 2.49. The van der Waals surface area contributed by atoms with Gasteiger partial charge in [0.25, 0.3) is 5.91 Å². The number of carboxylic acid groups (broad SMARTS) is 1. The number of carbonyl (C=O) groups is 3. The van der Waals surface area contributed by atoms with Crippen LogP contribution in [0.25, 0.3) is 0 Å². The van der Waals surface area contributed by atoms with Crippen LogP contribution in [0, 0.1) is 11.3 Å². The Bertz CT molecular complexity index is 863. The Hall–Kier alpha value is -3.09. The summed E-state index contributed by atoms with van der Waals surface area (Å²) in [7, 11) is 0. The number of nitrogens with one attached hydrogen (secondary N) is 1. The molecule has 2 amide bonds. The number of nitrogens with zero attached hydrogens (tertiary/aromatic N) is 1. The summed E-state index contributed by atoms with van der Waals surface area (Å²) in [5.74, 6) is -1.63. The fourth-order valence-electron chi connectivity index (χ4n) is 3.82. The maximum Gasteiger partial charge on any atom is 0.311 e. The molecule has 1 aliphatic heterocycles. The monoisotopic (exact) mass is 398 g/mol. The molecule has 1 aromatic heterocycles. The summed E-state index contributed by atoms with van der Waals surface area (Å²) in [6.07, 6.45) is 2.10. The number of rotatable bonds is 7. The van der Waals surface area contributed by atoms with Crippen molar-refractivity contribution in [1.82, 2.24) is 10.2 Å². The first-order valence-corrected chi connectivity index (χ1v) is 9.74. The number of carboxylic acids is 1. The van der Waals surface area contributed by atoms with E-state index in [9.17, 15) is 19.5 Å². The Morgan fingerprint density at radius 1 is 1.17 bits per heavy atom. The van der Waals surface area contributed by atoms with E-state index in [1.165, 1.54) is 12.3 Å². The smallest absolute Gasteiger partial charge is 0.311 e. The van der Waals surface area contributed by atoms with Gasteiger partial charge < -0.3 is 19.7 Å². The van der Waals surface area contributed by atoms with E-state index < -0.39 is 23.3 Å². The Balaban J connectivity index is 1.80. The quantitative estimate of drug-likeness (QED) is 0.747. The summed E-state index contributed by atoms with van der Waals surface area (Å²) in [6, 6.07) is 11.7. The van der Waals surface area contributed by atoms with E-state index in [-0.39, 0.29) is 24.1 Å². The second-order valence-electron chi connectivity index (χ2n) is 7.82. The van der Waals surface area contributed by atoms with E-state index >= 15 is 0 Å². The summed E-state index contributed by atoms with van der Waals surface area (Å²) >= 11 is 0. The molecule has 7 nitrogen and oxygen atoms in total. The van der Waals surface area contributed by atoms with Gasteiger partial charge in [0.15, 0.2) is 5.76 Å². The molecular formula is C22H26N2O5. The van der Waals surface area contributed by atoms with Crippen LogP contribution in [0.3, 0.4) is 0 Å². The van der Waals surface area contributed by atoms with E-state index in [0.717, 1.165) is 5.56 Å². The Kier molecular flexibility index (Phi) is 6.06. The minimum Gasteiger partial charge on any atom is -0.481 e. The van der Waals surface area contributed by atoms with Gasteiger partial charge in [0.1, 0.15) is 6.04 Å². The van der Waals surface area contributed by atoms with Crippen molar-refractivity contribution in [2.45, 2.75) is 32.7 Å². The van der Waals surface area contributed by atoms with Crippen molar-refractivity contribution in [3.8, 4) is 0 Å². The molecule has 0 spiro atoms. The summed E-state index contributed by atoms with van der Waals surface area (Å²) in [6.45, 7) is 4.22. The number of benzene rings is 1. The average molecular weight is 398 g/mol. The average Bonchev–Trinajstić information content (AvgIpc) is 3.38. The van der Waals surface area contributed by atoms with Crippen LogP contribution in [0.1, 0.15) is 36.4 Å². The van der Waals surface area contributed by atoms with Gasteiger partial charge >= 0.3 is 5.97 Å². The van der Waals surface area contributed by atoms with Crippen molar-refractivity contribution in [3.63, 3.8) is 0 Å². The van der Waals surface area contributed by atoms with Crippen LogP contribution >= 0.6 is 0 Å². The van der Waals surface area contributed by atoms with Crippen LogP contribution in [0.5, 0.6) is 0 Å². The van der Waals surface area contributed by atoms with Crippen LogP contribution in [0.4, 0.5) is 0 Å². The molecule has 0 aliphatic carbocycles. The SMILES string of the molecule is CC(C)C1(C(=O)O)CCN(C(=O)C(Cc2ccccc2)NC(=O)c2ccco2)C1. The minimum atomic E-state index is -0.960. The molecule has 7 heteroatoms. The fraction of sp³-hybridized carbons (Fsp3) is 0.409. The normalized spacial score (nSPS) is 19.9. The molecule has 0 radical (unpaired) electrons. The van der Waals surface area contributed by atoms with Gasteiger partial charge in [0, 0.05) is 19.5 Å². The second kappa shape index (κ2) is 8.51. The molecule has 2 unspecified atom stereocenters. The maximum absolute atomic E-state index is 13.3. The van der Waals surface area contributed by atoms with Gasteiger partial charge in [0.05, 0.1) is 11.7 Å². The summed E-state index contributed by atoms with van der Waals surface area (Å²) < 4.78 is 5.13. The van der Waals surface area contributed by atoms with Crippen molar-refractivity contribution in [2.75, 3.05) is 13.1 Å². The minimum absolute atomic E-state index is 0.108. The van der Waals surface area contributed by atoms with Crippen LogP contribution in [0.2, 0.25) is 0 Å². The highest BCUT2D eigenvalue weighted by molar-refractivity contribution is 5.95. The first-order valence-electron chi connectivity index (χ1n) is 9.74. The number of aliphatic carboxylic acids is 1. The molecule has 0 saturated carbocycles. The lowest BCUT2D eigenvalue weighted by molar-refractivity contribution is -0.151. The zero-order valence-electron chi connectivity index (χ0n) is 16.6. The molecule has 2 aromatic rings. The maximum atomic E-state index is 13.3. The highest BCUT2D eigenvalue weighted by Crippen LogP contribution is 2.38. The largest absolute Gasteiger partial charge is 0.481 e. The van der Waals surface area contributed by atoms with Crippen molar-refractivity contribution in [2.24, 2.45) is 11.3 Å². The predicted octanol–water partition coefficient (Wildman–Crippen LogP) is 2.58. The molecule has 29 heavy (non-hydrogen) atoms. The Labute approximate surface area is 169 Å². The van der Waals surface area contributed by atoms with Crippen molar-refractivity contribution in [3.05, 3.63) is 60.1 Å². The van der Waals surface area contributed by atoms with Crippen LogP contribution in [-0.2, 0) is 16.0 Å². The van der Waals surface area contributed by atoms with E-state index in [4.69, 9.17) is 4.42 Å². The van der Waals surface area contributed by atoms with Gasteiger partial charge in [-0.2, -0.15) is 0 Å². The first-order chi connectivity index (χ1) is 13.8. The van der Waals surface area contributed by atoms with E-state index in [1.54, 1.807) is 11.0 Å². The Morgan fingerprint density at radius 3 is 2.45 bits per heavy atom. The molecule has 1 saturated heterocycles. The van der Waals surface area contributed by atoms with Crippen LogP contribution in [-0.4, -0.2) is 46.9 Å². The van der Waals surface area contributed by atoms with Gasteiger partial charge in [-0.3, -0.25) is 14.4 Å². The highest BCUT2D eigenvalue weighted by atomic mass is 16.4. The third kappa shape index (κ3) is 4.34. The van der Waals surface area contributed by atoms with Crippen molar-refractivity contribution < 1.29 is 23.9 Å². The number of likely N-dealkylation sites (tertiary alicyclic amines) is 1. The third-order valence-corrected chi connectivity index (χ3v) is 5.77. The second-order valence-corrected chi connectivity index (χ2v) is 7.82. The standard InChI is InChI=1S/C22H26N2O5/c1-15(2)22(21(27)28)10-11-24(14-22)20(26)17(13-16-7-4-3-5-8-16)23-19(25)18-9-6-12-29-18/h3-9,12,15,17H,10-11,13-14H2,1-2H3,(H,23,25)(H,27,28). The molecule has 1 fully saturated rings. The van der Waals surface area contributed by atoms with Gasteiger partial charge in [-0.15, -0.1) is 0 Å². The zero-order valence-corrected chi connectivity index (χ0v) is 16.6. The summed E-state index contributed by atoms with van der Waals surface area (Å²) in [5.41, 5.74) is -0.0593. The van der Waals surface area contributed by atoms with Gasteiger partial charge in [-0.05, 0) is 30.0 Å². The van der Waals surface area contributed by atoms with Crippen molar-refractivity contribution >= 4 is 17.8 Å². The Morgan fingerprint density at radius 2 is 1.90 bits per heavy atom. The van der Waals surface area contributed by atoms with E-state index in [2.05, 4.69) is 5.32 Å². The molecule has 1 aliphatic rings. The molecular weight excluding hydrogens is 372 g/mol. The fourth-order valence-corrected chi connectivity index (χ4v) is 3.82. The van der Waals surface area contributed by atoms with Gasteiger partial charge in [0.2, 0.25) is 5.91 Å². The van der Waals surface area contributed by atoms with Gasteiger partial charge in [-0.1, -0.05) is 44.2 Å². The summed E-state index contributed by atoms with van der Waals surface area (Å²) in [5, 5.41) is 12.5. The number of hydrogen-bond donors (Lipinski definition) is 2. The lowest BCUT2D eigenvalue weighted by atomic mass is 9.76. The van der Waals surface area contributed by atoms with E-state index in [1.807, 2.05) is 44.2 Å². The lowest BCUT2D eigenvalue weighted by Gasteiger charge is -2.30. The molecule has 3 rings (SSSR count). The third-order valence-electron chi connectivity index (χ3n) is 5.77. The molecule has 1 aromatic carbocycles. The number of carbonyl (C=O) groups excluding carboxylic acids is 2. The zero-order chi connectivity index (χ0) is 21.0. The summed E-state index contributed by atoms with van der Waals surface area (Å²) in [4.78, 5) is 39.2. The van der Waals surface area contributed by atoms with Crippen molar-refractivity contribution in [1.29, 1.82) is 0 Å². The number of hydrogen-bond acceptors (Lipinski definition) is 4. The molecule has 154 valence electrons. The van der Waals surface area contributed by atoms with Crippen LogP contribution in [0.15, 0.2) is 53.1 Å². The van der Waals surface area contributed by atoms with Crippen LogP contribution < -0.4 is 5.32 Å². The topological polar surface area (TPSA) is 99.9 Å². The van der Waals surface area contributed by atoms with E-state index in [0.29, 0.717) is 19.4 Å². The van der Waals surface area contributed by atoms with Gasteiger partial charge in [-0.25, -0.2) is 0 Å². The molecule has 2 heterocycles. The number of furan rings is 1. The number of amides is 2. The molecule has 2 N–H and O–H groups in total. The molecule has 2 atom stereocenters.